The van der Waals surface area contributed by atoms with Crippen LogP contribution in [0.3, 0.4) is 0 Å². The number of carboxylic acids is 1. The highest BCUT2D eigenvalue weighted by Crippen LogP contribution is 2.35. The Morgan fingerprint density at radius 2 is 1.66 bits per heavy atom. The zero-order valence-electron chi connectivity index (χ0n) is 18.8. The molecule has 0 heterocycles. The Morgan fingerprint density at radius 3 is 2.31 bits per heavy atom. The molecule has 0 aliphatic carbocycles. The van der Waals surface area contributed by atoms with Gasteiger partial charge in [0.15, 0.2) is 0 Å². The number of hydrogen-bond acceptors (Lipinski definition) is 3. The van der Waals surface area contributed by atoms with E-state index in [9.17, 15) is 27.2 Å². The Kier molecular flexibility index (Phi) is 8.11. The molecule has 1 N–H and O–H groups in total. The number of halogens is 4. The summed E-state index contributed by atoms with van der Waals surface area (Å²) in [4.78, 5) is 24.6. The van der Waals surface area contributed by atoms with Gasteiger partial charge in [-0.1, -0.05) is 42.5 Å². The van der Waals surface area contributed by atoms with Crippen molar-refractivity contribution in [2.45, 2.75) is 25.6 Å². The van der Waals surface area contributed by atoms with E-state index < -0.39 is 29.6 Å². The number of alkyl halides is 3. The Balaban J connectivity index is 1.85. The lowest BCUT2D eigenvalue weighted by Crippen LogP contribution is -2.28. The van der Waals surface area contributed by atoms with Crippen LogP contribution in [-0.2, 0) is 35.1 Å². The largest absolute Gasteiger partial charge is 0.481 e. The van der Waals surface area contributed by atoms with Gasteiger partial charge in [-0.05, 0) is 46.5 Å². The van der Waals surface area contributed by atoms with Crippen molar-refractivity contribution >= 4 is 12.1 Å². The zero-order valence-corrected chi connectivity index (χ0v) is 18.8. The monoisotopic (exact) mass is 489 g/mol. The van der Waals surface area contributed by atoms with E-state index >= 15 is 0 Å². The third-order valence-corrected chi connectivity index (χ3v) is 5.29. The van der Waals surface area contributed by atoms with Crippen LogP contribution >= 0.6 is 0 Å². The standard InChI is InChI=1S/C26H23F4NO4/c1-31(25(34)35-12-11-17-5-3-2-4-6-17)16-19-15-20(26(28,29)30)8-9-21(19)22-13-18(14-24(32)33)7-10-23(22)27/h2-10,13,15H,11-12,14,16H2,1H3,(H,32,33). The van der Waals surface area contributed by atoms with Crippen molar-refractivity contribution in [2.24, 2.45) is 0 Å². The number of nitrogens with zero attached hydrogens (tertiary/aromatic N) is 1. The fourth-order valence-corrected chi connectivity index (χ4v) is 3.56. The van der Waals surface area contributed by atoms with E-state index in [0.29, 0.717) is 6.42 Å². The van der Waals surface area contributed by atoms with Crippen molar-refractivity contribution in [2.75, 3.05) is 13.7 Å². The summed E-state index contributed by atoms with van der Waals surface area (Å²) in [5, 5.41) is 9.03. The lowest BCUT2D eigenvalue weighted by molar-refractivity contribution is -0.138. The van der Waals surface area contributed by atoms with Crippen molar-refractivity contribution in [3.63, 3.8) is 0 Å². The topological polar surface area (TPSA) is 66.8 Å². The molecule has 35 heavy (non-hydrogen) atoms. The summed E-state index contributed by atoms with van der Waals surface area (Å²) in [5.74, 6) is -1.86. The Labute approximate surface area is 199 Å². The second-order valence-electron chi connectivity index (χ2n) is 7.96. The molecule has 0 bridgehead atoms. The maximum Gasteiger partial charge on any atom is 0.416 e. The summed E-state index contributed by atoms with van der Waals surface area (Å²) < 4.78 is 60.0. The van der Waals surface area contributed by atoms with Gasteiger partial charge in [0.1, 0.15) is 5.82 Å². The fourth-order valence-electron chi connectivity index (χ4n) is 3.56. The number of amides is 1. The number of benzene rings is 3. The average molecular weight is 489 g/mol. The van der Waals surface area contributed by atoms with Crippen LogP contribution in [-0.4, -0.2) is 35.7 Å². The van der Waals surface area contributed by atoms with Gasteiger partial charge >= 0.3 is 18.2 Å². The first-order valence-electron chi connectivity index (χ1n) is 10.7. The lowest BCUT2D eigenvalue weighted by Gasteiger charge is -2.21. The van der Waals surface area contributed by atoms with Crippen molar-refractivity contribution in [1.82, 2.24) is 4.90 Å². The second kappa shape index (κ2) is 11.0. The predicted octanol–water partition coefficient (Wildman–Crippen LogP) is 5.95. The quantitative estimate of drug-likeness (QED) is 0.397. The minimum atomic E-state index is -4.65. The van der Waals surface area contributed by atoms with Crippen LogP contribution in [0.2, 0.25) is 0 Å². The van der Waals surface area contributed by atoms with Gasteiger partial charge in [-0.15, -0.1) is 0 Å². The summed E-state index contributed by atoms with van der Waals surface area (Å²) in [6.45, 7) is -0.208. The highest BCUT2D eigenvalue weighted by Gasteiger charge is 2.31. The van der Waals surface area contributed by atoms with Crippen LogP contribution in [0.25, 0.3) is 11.1 Å². The van der Waals surface area contributed by atoms with Gasteiger partial charge in [0.25, 0.3) is 0 Å². The number of carbonyl (C=O) groups is 2. The predicted molar refractivity (Wildman–Crippen MR) is 121 cm³/mol. The van der Waals surface area contributed by atoms with Gasteiger partial charge in [-0.3, -0.25) is 4.79 Å². The van der Waals surface area contributed by atoms with E-state index in [0.717, 1.165) is 34.7 Å². The molecule has 0 aromatic heterocycles. The number of carbonyl (C=O) groups excluding carboxylic acids is 1. The maximum absolute atomic E-state index is 14.7. The molecular weight excluding hydrogens is 466 g/mol. The summed E-state index contributed by atoms with van der Waals surface area (Å²) in [5.41, 5.74) is 0.385. The van der Waals surface area contributed by atoms with Gasteiger partial charge in [0.05, 0.1) is 18.6 Å². The van der Waals surface area contributed by atoms with Crippen molar-refractivity contribution in [3.05, 3.63) is 94.8 Å². The second-order valence-corrected chi connectivity index (χ2v) is 7.96. The third kappa shape index (κ3) is 7.05. The minimum absolute atomic E-state index is 0.0358. The molecule has 0 spiro atoms. The van der Waals surface area contributed by atoms with Crippen LogP contribution in [0.1, 0.15) is 22.3 Å². The number of hydrogen-bond donors (Lipinski definition) is 1. The first-order valence-corrected chi connectivity index (χ1v) is 10.7. The van der Waals surface area contributed by atoms with Crippen molar-refractivity contribution in [1.29, 1.82) is 0 Å². The fraction of sp³-hybridized carbons (Fsp3) is 0.231. The van der Waals surface area contributed by atoms with Crippen LogP contribution in [0.15, 0.2) is 66.7 Å². The Morgan fingerprint density at radius 1 is 0.943 bits per heavy atom. The van der Waals surface area contributed by atoms with E-state index in [-0.39, 0.29) is 41.8 Å². The number of carboxylic acid groups (broad SMARTS) is 1. The van der Waals surface area contributed by atoms with E-state index in [4.69, 9.17) is 9.84 Å². The molecule has 3 aromatic carbocycles. The smallest absolute Gasteiger partial charge is 0.416 e. The first-order chi connectivity index (χ1) is 16.5. The summed E-state index contributed by atoms with van der Waals surface area (Å²) in [6.07, 6.45) is -5.30. The highest BCUT2D eigenvalue weighted by molar-refractivity contribution is 5.74. The molecule has 5 nitrogen and oxygen atoms in total. The molecule has 0 saturated heterocycles. The molecule has 0 fully saturated rings. The highest BCUT2D eigenvalue weighted by atomic mass is 19.4. The van der Waals surface area contributed by atoms with E-state index in [1.54, 1.807) is 0 Å². The molecular formula is C26H23F4NO4. The number of aliphatic carboxylic acids is 1. The molecule has 0 aliphatic heterocycles. The lowest BCUT2D eigenvalue weighted by atomic mass is 9.94. The van der Waals surface area contributed by atoms with Gasteiger partial charge < -0.3 is 14.7 Å². The van der Waals surface area contributed by atoms with Crippen molar-refractivity contribution < 1.29 is 37.0 Å². The van der Waals surface area contributed by atoms with E-state index in [1.165, 1.54) is 19.2 Å². The van der Waals surface area contributed by atoms with Gasteiger partial charge in [0.2, 0.25) is 0 Å². The van der Waals surface area contributed by atoms with Gasteiger partial charge in [0, 0.05) is 25.6 Å². The van der Waals surface area contributed by atoms with Crippen LogP contribution in [0, 0.1) is 5.82 Å². The SMILES string of the molecule is CN(Cc1cc(C(F)(F)F)ccc1-c1cc(CC(=O)O)ccc1F)C(=O)OCCc1ccccc1. The molecule has 3 aromatic rings. The van der Waals surface area contributed by atoms with Crippen LogP contribution in [0.4, 0.5) is 22.4 Å². The molecule has 1 amide bonds. The third-order valence-electron chi connectivity index (χ3n) is 5.29. The Bertz CT molecular complexity index is 1200. The van der Waals surface area contributed by atoms with E-state index in [2.05, 4.69) is 0 Å². The molecule has 0 unspecified atom stereocenters. The average Bonchev–Trinajstić information content (AvgIpc) is 2.80. The molecule has 0 saturated carbocycles. The maximum atomic E-state index is 14.7. The zero-order chi connectivity index (χ0) is 25.6. The molecule has 0 aliphatic rings. The van der Waals surface area contributed by atoms with Crippen LogP contribution in [0.5, 0.6) is 0 Å². The van der Waals surface area contributed by atoms with Gasteiger partial charge in [-0.25, -0.2) is 9.18 Å². The van der Waals surface area contributed by atoms with Crippen LogP contribution < -0.4 is 0 Å². The summed E-state index contributed by atoms with van der Waals surface area (Å²) >= 11 is 0. The minimum Gasteiger partial charge on any atom is -0.481 e. The van der Waals surface area contributed by atoms with Crippen molar-refractivity contribution in [3.8, 4) is 11.1 Å². The van der Waals surface area contributed by atoms with Gasteiger partial charge in [-0.2, -0.15) is 13.2 Å². The molecule has 0 atom stereocenters. The molecule has 184 valence electrons. The normalized spacial score (nSPS) is 11.2. The number of rotatable bonds is 8. The summed E-state index contributed by atoms with van der Waals surface area (Å²) in [6, 6.07) is 15.8. The molecule has 0 radical (unpaired) electrons. The van der Waals surface area contributed by atoms with E-state index in [1.807, 2.05) is 30.3 Å². The molecule has 3 rings (SSSR count). The first kappa shape index (κ1) is 25.7. The molecule has 9 heteroatoms. The summed E-state index contributed by atoms with van der Waals surface area (Å²) in [7, 11) is 1.37. The number of ether oxygens (including phenoxy) is 1. The Hall–Kier alpha value is -3.88.